The lowest BCUT2D eigenvalue weighted by Crippen LogP contribution is -2.32. The van der Waals surface area contributed by atoms with Gasteiger partial charge in [0.05, 0.1) is 17.9 Å². The van der Waals surface area contributed by atoms with Crippen molar-refractivity contribution in [1.82, 2.24) is 14.9 Å². The number of ether oxygens (including phenoxy) is 1. The van der Waals surface area contributed by atoms with Crippen molar-refractivity contribution in [3.05, 3.63) is 76.7 Å². The third-order valence-electron chi connectivity index (χ3n) is 5.02. The number of rotatable bonds is 4. The van der Waals surface area contributed by atoms with Crippen LogP contribution < -0.4 is 0 Å². The molecular weight excluding hydrogens is 418 g/mol. The average Bonchev–Trinajstić information content (AvgIpc) is 3.34. The first kappa shape index (κ1) is 18.7. The minimum atomic E-state index is -0.292. The molecule has 2 aromatic carbocycles. The molecule has 0 aliphatic carbocycles. The van der Waals surface area contributed by atoms with Gasteiger partial charge in [-0.3, -0.25) is 4.90 Å². The summed E-state index contributed by atoms with van der Waals surface area (Å²) >= 11 is 3.46. The Balaban J connectivity index is 1.48. The van der Waals surface area contributed by atoms with Gasteiger partial charge in [0.1, 0.15) is 12.4 Å². The Hall–Kier alpha value is -2.60. The summed E-state index contributed by atoms with van der Waals surface area (Å²) in [5.41, 5.74) is 2.99. The van der Waals surface area contributed by atoms with E-state index in [2.05, 4.69) is 32.8 Å². The van der Waals surface area contributed by atoms with E-state index in [1.807, 2.05) is 60.8 Å². The molecule has 1 aliphatic rings. The topological polar surface area (TPSA) is 58.2 Å². The van der Waals surface area contributed by atoms with Gasteiger partial charge in [-0.05, 0) is 35.6 Å². The van der Waals surface area contributed by atoms with Crippen molar-refractivity contribution in [2.24, 2.45) is 5.92 Å². The van der Waals surface area contributed by atoms with Crippen LogP contribution in [0.1, 0.15) is 30.8 Å². The van der Waals surface area contributed by atoms with Crippen LogP contribution in [0.2, 0.25) is 0 Å². The summed E-state index contributed by atoms with van der Waals surface area (Å²) in [4.78, 5) is 22.5. The minimum absolute atomic E-state index is 0.0949. The number of imidazole rings is 1. The van der Waals surface area contributed by atoms with Crippen LogP contribution in [-0.4, -0.2) is 27.5 Å². The smallest absolute Gasteiger partial charge is 0.410 e. The average molecular weight is 440 g/mol. The van der Waals surface area contributed by atoms with Crippen LogP contribution in [0.25, 0.3) is 11.3 Å². The fourth-order valence-electron chi connectivity index (χ4n) is 3.59. The van der Waals surface area contributed by atoms with Crippen molar-refractivity contribution in [2.45, 2.75) is 26.0 Å². The van der Waals surface area contributed by atoms with Crippen LogP contribution >= 0.6 is 15.9 Å². The third kappa shape index (κ3) is 4.12. The van der Waals surface area contributed by atoms with E-state index < -0.39 is 0 Å². The standard InChI is InChI=1S/C22H22BrN3O2/c1-15-11-20(21-24-12-19(25-21)17-7-9-18(23)10-8-17)26(13-15)22(27)28-14-16-5-3-2-4-6-16/h2-10,12,15,20H,11,13-14H2,1H3,(H,24,25). The molecule has 3 aromatic rings. The van der Waals surface area contributed by atoms with E-state index in [-0.39, 0.29) is 18.7 Å². The molecule has 6 heteroatoms. The van der Waals surface area contributed by atoms with Gasteiger partial charge in [-0.2, -0.15) is 0 Å². The summed E-state index contributed by atoms with van der Waals surface area (Å²) in [5, 5.41) is 0. The SMILES string of the molecule is CC1CC(c2ncc(-c3ccc(Br)cc3)[nH]2)N(C(=O)OCc2ccccc2)C1. The highest BCUT2D eigenvalue weighted by Gasteiger charge is 2.37. The predicted molar refractivity (Wildman–Crippen MR) is 112 cm³/mol. The number of likely N-dealkylation sites (tertiary alicyclic amines) is 1. The molecule has 0 saturated carbocycles. The highest BCUT2D eigenvalue weighted by Crippen LogP contribution is 2.35. The highest BCUT2D eigenvalue weighted by molar-refractivity contribution is 9.10. The number of amides is 1. The lowest BCUT2D eigenvalue weighted by molar-refractivity contribution is 0.0903. The number of benzene rings is 2. The molecule has 5 nitrogen and oxygen atoms in total. The Labute approximate surface area is 172 Å². The normalized spacial score (nSPS) is 19.0. The molecular formula is C22H22BrN3O2. The van der Waals surface area contributed by atoms with Gasteiger partial charge in [0.25, 0.3) is 0 Å². The van der Waals surface area contributed by atoms with Gasteiger partial charge in [-0.1, -0.05) is 65.3 Å². The fraction of sp³-hybridized carbons (Fsp3) is 0.273. The Morgan fingerprint density at radius 3 is 2.71 bits per heavy atom. The second-order valence-corrected chi connectivity index (χ2v) is 8.15. The van der Waals surface area contributed by atoms with Crippen molar-refractivity contribution in [1.29, 1.82) is 0 Å². The number of aromatic amines is 1. The van der Waals surface area contributed by atoms with Gasteiger partial charge in [-0.15, -0.1) is 0 Å². The van der Waals surface area contributed by atoms with Crippen LogP contribution in [0.5, 0.6) is 0 Å². The molecule has 0 spiro atoms. The van der Waals surface area contributed by atoms with Crippen LogP contribution in [0.4, 0.5) is 4.79 Å². The maximum absolute atomic E-state index is 12.7. The Morgan fingerprint density at radius 2 is 1.96 bits per heavy atom. The first-order valence-corrected chi connectivity index (χ1v) is 10.2. The largest absolute Gasteiger partial charge is 0.445 e. The summed E-state index contributed by atoms with van der Waals surface area (Å²) < 4.78 is 6.59. The molecule has 1 aromatic heterocycles. The lowest BCUT2D eigenvalue weighted by atomic mass is 10.1. The van der Waals surface area contributed by atoms with Crippen molar-refractivity contribution >= 4 is 22.0 Å². The number of nitrogens with one attached hydrogen (secondary N) is 1. The zero-order valence-corrected chi connectivity index (χ0v) is 17.2. The summed E-state index contributed by atoms with van der Waals surface area (Å²) in [7, 11) is 0. The zero-order valence-electron chi connectivity index (χ0n) is 15.6. The number of hydrogen-bond acceptors (Lipinski definition) is 3. The number of nitrogens with zero attached hydrogens (tertiary/aromatic N) is 2. The number of H-pyrrole nitrogens is 1. The molecule has 0 radical (unpaired) electrons. The molecule has 1 amide bonds. The van der Waals surface area contributed by atoms with Crippen molar-refractivity contribution in [3.63, 3.8) is 0 Å². The molecule has 1 fully saturated rings. The van der Waals surface area contributed by atoms with Gasteiger partial charge in [0, 0.05) is 11.0 Å². The van der Waals surface area contributed by atoms with Gasteiger partial charge in [0.2, 0.25) is 0 Å². The summed E-state index contributed by atoms with van der Waals surface area (Å²) in [6, 6.07) is 17.7. The van der Waals surface area contributed by atoms with E-state index in [4.69, 9.17) is 4.74 Å². The van der Waals surface area contributed by atoms with Crippen molar-refractivity contribution in [2.75, 3.05) is 6.54 Å². The number of carbonyl (C=O) groups is 1. The first-order valence-electron chi connectivity index (χ1n) is 9.38. The fourth-order valence-corrected chi connectivity index (χ4v) is 3.86. The van der Waals surface area contributed by atoms with Crippen LogP contribution in [0.15, 0.2) is 65.3 Å². The molecule has 4 rings (SSSR count). The lowest BCUT2D eigenvalue weighted by Gasteiger charge is -2.22. The number of hydrogen-bond donors (Lipinski definition) is 1. The minimum Gasteiger partial charge on any atom is -0.445 e. The van der Waals surface area contributed by atoms with E-state index in [1.54, 1.807) is 4.90 Å². The van der Waals surface area contributed by atoms with Gasteiger partial charge < -0.3 is 9.72 Å². The summed E-state index contributed by atoms with van der Waals surface area (Å²) in [5.74, 6) is 1.20. The van der Waals surface area contributed by atoms with Gasteiger partial charge in [0.15, 0.2) is 0 Å². The van der Waals surface area contributed by atoms with E-state index in [0.29, 0.717) is 12.5 Å². The van der Waals surface area contributed by atoms with E-state index in [0.717, 1.165) is 33.5 Å². The Morgan fingerprint density at radius 1 is 1.21 bits per heavy atom. The Bertz CT molecular complexity index is 940. The third-order valence-corrected chi connectivity index (χ3v) is 5.54. The van der Waals surface area contributed by atoms with Gasteiger partial charge >= 0.3 is 6.09 Å². The van der Waals surface area contributed by atoms with Crippen LogP contribution in [0, 0.1) is 5.92 Å². The van der Waals surface area contributed by atoms with Crippen LogP contribution in [0.3, 0.4) is 0 Å². The molecule has 1 N–H and O–H groups in total. The maximum atomic E-state index is 12.7. The predicted octanol–water partition coefficient (Wildman–Crippen LogP) is 5.56. The maximum Gasteiger partial charge on any atom is 0.410 e. The molecule has 0 bridgehead atoms. The number of carbonyl (C=O) groups excluding carboxylic acids is 1. The van der Waals surface area contributed by atoms with Crippen molar-refractivity contribution < 1.29 is 9.53 Å². The quantitative estimate of drug-likeness (QED) is 0.578. The summed E-state index contributed by atoms with van der Waals surface area (Å²) in [6.45, 7) is 3.10. The molecule has 144 valence electrons. The number of halogens is 1. The number of aromatic nitrogens is 2. The molecule has 2 heterocycles. The van der Waals surface area contributed by atoms with Gasteiger partial charge in [-0.25, -0.2) is 9.78 Å². The first-order chi connectivity index (χ1) is 13.6. The Kier molecular flexibility index (Phi) is 5.48. The monoisotopic (exact) mass is 439 g/mol. The molecule has 2 unspecified atom stereocenters. The van der Waals surface area contributed by atoms with Crippen molar-refractivity contribution in [3.8, 4) is 11.3 Å². The molecule has 1 saturated heterocycles. The highest BCUT2D eigenvalue weighted by atomic mass is 79.9. The van der Waals surface area contributed by atoms with Crippen LogP contribution in [-0.2, 0) is 11.3 Å². The second kappa shape index (κ2) is 8.19. The van der Waals surface area contributed by atoms with E-state index in [9.17, 15) is 4.79 Å². The molecule has 2 atom stereocenters. The second-order valence-electron chi connectivity index (χ2n) is 7.24. The molecule has 1 aliphatic heterocycles. The van der Waals surface area contributed by atoms with E-state index in [1.165, 1.54) is 0 Å². The zero-order chi connectivity index (χ0) is 19.5. The molecule has 28 heavy (non-hydrogen) atoms. The summed E-state index contributed by atoms with van der Waals surface area (Å²) in [6.07, 6.45) is 2.41. The van der Waals surface area contributed by atoms with E-state index >= 15 is 0 Å².